The third-order valence-electron chi connectivity index (χ3n) is 4.91. The molecule has 0 bridgehead atoms. The van der Waals surface area contributed by atoms with Gasteiger partial charge in [-0.25, -0.2) is 12.7 Å². The van der Waals surface area contributed by atoms with Crippen LogP contribution in [0, 0.1) is 5.92 Å². The average molecular weight is 466 g/mol. The van der Waals surface area contributed by atoms with Crippen molar-refractivity contribution in [3.63, 3.8) is 0 Å². The van der Waals surface area contributed by atoms with Gasteiger partial charge in [-0.15, -0.1) is 0 Å². The minimum absolute atomic E-state index is 0.0444. The molecule has 0 aliphatic carbocycles. The van der Waals surface area contributed by atoms with Crippen molar-refractivity contribution < 1.29 is 22.7 Å². The molecule has 1 aliphatic rings. The third kappa shape index (κ3) is 4.84. The van der Waals surface area contributed by atoms with E-state index in [1.165, 1.54) is 32.3 Å². The van der Waals surface area contributed by atoms with Gasteiger partial charge in [-0.2, -0.15) is 0 Å². The van der Waals surface area contributed by atoms with Crippen LogP contribution in [-0.2, 0) is 19.6 Å². The molecule has 31 heavy (non-hydrogen) atoms. The lowest BCUT2D eigenvalue weighted by molar-refractivity contribution is -0.122. The standard InChI is InChI=1S/C21H24ClN3O5S/c1-4-30-18-8-6-5-7-17(18)25-13-14(11-20(25)26)21(27)23-15-9-10-16(22)19(12-15)31(28,29)24(2)3/h5-10,12,14H,4,11,13H2,1-3H3,(H,23,27)/t14-/m1/s1. The zero-order valence-electron chi connectivity index (χ0n) is 17.5. The lowest BCUT2D eigenvalue weighted by atomic mass is 10.1. The Labute approximate surface area is 186 Å². The number of carbonyl (C=O) groups is 2. The van der Waals surface area contributed by atoms with Gasteiger partial charge >= 0.3 is 0 Å². The van der Waals surface area contributed by atoms with Crippen molar-refractivity contribution in [2.24, 2.45) is 5.92 Å². The average Bonchev–Trinajstić information content (AvgIpc) is 3.11. The predicted molar refractivity (Wildman–Crippen MR) is 119 cm³/mol. The van der Waals surface area contributed by atoms with Crippen LogP contribution in [0.25, 0.3) is 0 Å². The molecule has 2 aromatic rings. The largest absolute Gasteiger partial charge is 0.492 e. The fourth-order valence-electron chi connectivity index (χ4n) is 3.29. The Morgan fingerprint density at radius 2 is 1.97 bits per heavy atom. The van der Waals surface area contributed by atoms with E-state index >= 15 is 0 Å². The van der Waals surface area contributed by atoms with Crippen LogP contribution in [0.1, 0.15) is 13.3 Å². The van der Waals surface area contributed by atoms with Crippen molar-refractivity contribution in [2.75, 3.05) is 37.5 Å². The molecule has 1 saturated heterocycles. The van der Waals surface area contributed by atoms with E-state index in [2.05, 4.69) is 5.32 Å². The molecule has 0 spiro atoms. The molecular weight excluding hydrogens is 442 g/mol. The van der Waals surface area contributed by atoms with Crippen molar-refractivity contribution in [3.8, 4) is 5.75 Å². The lowest BCUT2D eigenvalue weighted by Gasteiger charge is -2.20. The smallest absolute Gasteiger partial charge is 0.244 e. The van der Waals surface area contributed by atoms with Crippen LogP contribution >= 0.6 is 11.6 Å². The molecule has 1 atom stereocenters. The number of nitrogens with zero attached hydrogens (tertiary/aromatic N) is 2. The highest BCUT2D eigenvalue weighted by Gasteiger charge is 2.36. The Kier molecular flexibility index (Phi) is 6.88. The molecule has 10 heteroatoms. The van der Waals surface area contributed by atoms with Crippen LogP contribution in [0.15, 0.2) is 47.4 Å². The number of para-hydroxylation sites is 2. The molecule has 166 valence electrons. The molecule has 1 fully saturated rings. The zero-order valence-corrected chi connectivity index (χ0v) is 19.0. The summed E-state index contributed by atoms with van der Waals surface area (Å²) < 4.78 is 31.5. The van der Waals surface area contributed by atoms with E-state index in [4.69, 9.17) is 16.3 Å². The van der Waals surface area contributed by atoms with Crippen molar-refractivity contribution >= 4 is 44.8 Å². The Balaban J connectivity index is 1.78. The fourth-order valence-corrected chi connectivity index (χ4v) is 4.69. The van der Waals surface area contributed by atoms with Gasteiger partial charge in [0.05, 0.1) is 23.2 Å². The molecule has 1 aliphatic heterocycles. The Hall–Kier alpha value is -2.62. The van der Waals surface area contributed by atoms with E-state index in [1.54, 1.807) is 23.1 Å². The third-order valence-corrected chi connectivity index (χ3v) is 7.21. The first-order valence-electron chi connectivity index (χ1n) is 9.70. The summed E-state index contributed by atoms with van der Waals surface area (Å²) in [6, 6.07) is 11.4. The maximum Gasteiger partial charge on any atom is 0.244 e. The summed E-state index contributed by atoms with van der Waals surface area (Å²) in [5.74, 6) is -0.568. The molecular formula is C21H24ClN3O5S. The summed E-state index contributed by atoms with van der Waals surface area (Å²) in [6.07, 6.45) is 0.0444. The Bertz CT molecular complexity index is 1100. The number of sulfonamides is 1. The first-order chi connectivity index (χ1) is 14.6. The van der Waals surface area contributed by atoms with E-state index in [0.717, 1.165) is 4.31 Å². The molecule has 8 nitrogen and oxygen atoms in total. The Morgan fingerprint density at radius 3 is 2.65 bits per heavy atom. The number of anilines is 2. The van der Waals surface area contributed by atoms with Crippen LogP contribution in [0.5, 0.6) is 5.75 Å². The van der Waals surface area contributed by atoms with Gasteiger partial charge in [0.25, 0.3) is 0 Å². The summed E-state index contributed by atoms with van der Waals surface area (Å²) in [5.41, 5.74) is 0.908. The van der Waals surface area contributed by atoms with Crippen LogP contribution < -0.4 is 15.0 Å². The number of benzene rings is 2. The summed E-state index contributed by atoms with van der Waals surface area (Å²) in [5, 5.41) is 2.76. The van der Waals surface area contributed by atoms with Crippen molar-refractivity contribution in [2.45, 2.75) is 18.2 Å². The van der Waals surface area contributed by atoms with Crippen LogP contribution in [0.2, 0.25) is 5.02 Å². The first kappa shape index (κ1) is 23.1. The normalized spacial score (nSPS) is 16.6. The molecule has 3 rings (SSSR count). The van der Waals surface area contributed by atoms with E-state index in [1.807, 2.05) is 13.0 Å². The van der Waals surface area contributed by atoms with Crippen LogP contribution in [-0.4, -0.2) is 51.8 Å². The quantitative estimate of drug-likeness (QED) is 0.678. The molecule has 2 amide bonds. The summed E-state index contributed by atoms with van der Waals surface area (Å²) in [7, 11) is -0.978. The number of ether oxygens (including phenoxy) is 1. The highest BCUT2D eigenvalue weighted by molar-refractivity contribution is 7.89. The van der Waals surface area contributed by atoms with Gasteiger partial charge in [0.1, 0.15) is 10.6 Å². The van der Waals surface area contributed by atoms with Gasteiger partial charge < -0.3 is 15.0 Å². The SMILES string of the molecule is CCOc1ccccc1N1C[C@H](C(=O)Nc2ccc(Cl)c(S(=O)(=O)N(C)C)c2)CC1=O. The number of halogens is 1. The molecule has 0 saturated carbocycles. The van der Waals surface area contributed by atoms with E-state index < -0.39 is 15.9 Å². The van der Waals surface area contributed by atoms with Crippen molar-refractivity contribution in [1.29, 1.82) is 0 Å². The van der Waals surface area contributed by atoms with Gasteiger partial charge in [-0.3, -0.25) is 9.59 Å². The van der Waals surface area contributed by atoms with Gasteiger partial charge in [0.15, 0.2) is 0 Å². The number of amides is 2. The molecule has 0 radical (unpaired) electrons. The molecule has 2 aromatic carbocycles. The Morgan fingerprint density at radius 1 is 1.26 bits per heavy atom. The van der Waals surface area contributed by atoms with Gasteiger partial charge in [-0.05, 0) is 37.3 Å². The van der Waals surface area contributed by atoms with Gasteiger partial charge in [-0.1, -0.05) is 23.7 Å². The van der Waals surface area contributed by atoms with Crippen LogP contribution in [0.4, 0.5) is 11.4 Å². The predicted octanol–water partition coefficient (Wildman–Crippen LogP) is 2.98. The summed E-state index contributed by atoms with van der Waals surface area (Å²) in [4.78, 5) is 26.8. The number of nitrogens with one attached hydrogen (secondary N) is 1. The van der Waals surface area contributed by atoms with E-state index in [-0.39, 0.29) is 40.4 Å². The molecule has 1 N–H and O–H groups in total. The molecule has 0 unspecified atom stereocenters. The summed E-state index contributed by atoms with van der Waals surface area (Å²) >= 11 is 6.05. The van der Waals surface area contributed by atoms with Crippen molar-refractivity contribution in [1.82, 2.24) is 4.31 Å². The summed E-state index contributed by atoms with van der Waals surface area (Å²) in [6.45, 7) is 2.51. The molecule has 0 aromatic heterocycles. The monoisotopic (exact) mass is 465 g/mol. The highest BCUT2D eigenvalue weighted by Crippen LogP contribution is 2.34. The van der Waals surface area contributed by atoms with Gasteiger partial charge in [0.2, 0.25) is 21.8 Å². The number of hydrogen-bond donors (Lipinski definition) is 1. The van der Waals surface area contributed by atoms with E-state index in [0.29, 0.717) is 18.0 Å². The van der Waals surface area contributed by atoms with E-state index in [9.17, 15) is 18.0 Å². The second kappa shape index (κ2) is 9.25. The highest BCUT2D eigenvalue weighted by atomic mass is 35.5. The maximum absolute atomic E-state index is 12.8. The second-order valence-corrected chi connectivity index (χ2v) is 9.76. The van der Waals surface area contributed by atoms with Gasteiger partial charge in [0, 0.05) is 32.7 Å². The van der Waals surface area contributed by atoms with Crippen molar-refractivity contribution in [3.05, 3.63) is 47.5 Å². The zero-order chi connectivity index (χ0) is 22.8. The topological polar surface area (TPSA) is 96.0 Å². The maximum atomic E-state index is 12.8. The first-order valence-corrected chi connectivity index (χ1v) is 11.5. The lowest BCUT2D eigenvalue weighted by Crippen LogP contribution is -2.28. The minimum Gasteiger partial charge on any atom is -0.492 e. The molecule has 1 heterocycles. The number of carbonyl (C=O) groups excluding carboxylic acids is 2. The second-order valence-electron chi connectivity index (χ2n) is 7.23. The minimum atomic E-state index is -3.77. The van der Waals surface area contributed by atoms with Crippen LogP contribution in [0.3, 0.4) is 0 Å². The fraction of sp³-hybridized carbons (Fsp3) is 0.333. The number of hydrogen-bond acceptors (Lipinski definition) is 5. The number of rotatable bonds is 7.